The number of ether oxygens (including phenoxy) is 2. The smallest absolute Gasteiger partial charge is 0.165 e. The Morgan fingerprint density at radius 2 is 2.21 bits per heavy atom. The summed E-state index contributed by atoms with van der Waals surface area (Å²) in [5.41, 5.74) is 6.63. The molecular weight excluding hydrogens is 308 g/mol. The second-order valence-corrected chi connectivity index (χ2v) is 6.09. The summed E-state index contributed by atoms with van der Waals surface area (Å²) in [4.78, 5) is 10.5. The minimum absolute atomic E-state index is 0.0629. The van der Waals surface area contributed by atoms with Crippen molar-refractivity contribution in [1.29, 1.82) is 0 Å². The Kier molecular flexibility index (Phi) is 5.01. The fourth-order valence-electron chi connectivity index (χ4n) is 3.17. The minimum atomic E-state index is -0.0629. The molecule has 2 atom stereocenters. The normalized spacial score (nSPS) is 19.5. The van der Waals surface area contributed by atoms with E-state index in [0.29, 0.717) is 23.2 Å². The molecule has 7 nitrogen and oxygen atoms in total. The lowest BCUT2D eigenvalue weighted by atomic mass is 10.1. The van der Waals surface area contributed by atoms with Crippen LogP contribution >= 0.6 is 0 Å². The number of nitrogens with zero attached hydrogens (tertiary/aromatic N) is 3. The van der Waals surface area contributed by atoms with Crippen LogP contribution in [0.2, 0.25) is 0 Å². The van der Waals surface area contributed by atoms with Gasteiger partial charge in [0.05, 0.1) is 12.6 Å². The fourth-order valence-corrected chi connectivity index (χ4v) is 3.17. The molecule has 7 heteroatoms. The van der Waals surface area contributed by atoms with Gasteiger partial charge < -0.3 is 20.3 Å². The van der Waals surface area contributed by atoms with Gasteiger partial charge in [0.15, 0.2) is 17.7 Å². The third kappa shape index (κ3) is 3.22. The van der Waals surface area contributed by atoms with E-state index in [4.69, 9.17) is 15.2 Å². The van der Waals surface area contributed by atoms with Crippen LogP contribution in [0.4, 0.5) is 5.82 Å². The van der Waals surface area contributed by atoms with Crippen molar-refractivity contribution >= 4 is 16.7 Å². The Labute approximate surface area is 141 Å². The SMILES string of the molecule is CCC(Oc1cc2ncnc(N)c2cc1OC)N1CC[C@@H](CO)C1. The van der Waals surface area contributed by atoms with Crippen LogP contribution < -0.4 is 15.2 Å². The zero-order valence-electron chi connectivity index (χ0n) is 14.1. The van der Waals surface area contributed by atoms with E-state index in [-0.39, 0.29) is 12.8 Å². The van der Waals surface area contributed by atoms with Gasteiger partial charge in [0.1, 0.15) is 12.1 Å². The van der Waals surface area contributed by atoms with Crippen molar-refractivity contribution in [2.75, 3.05) is 32.5 Å². The standard InChI is InChI=1S/C17H24N4O3/c1-3-16(21-5-4-11(8-21)9-22)24-15-7-13-12(6-14(15)23-2)17(18)20-10-19-13/h6-7,10-11,16,22H,3-5,8-9H2,1-2H3,(H2,18,19,20)/t11-,16?/m1/s1. The number of aromatic nitrogens is 2. The maximum absolute atomic E-state index is 9.34. The van der Waals surface area contributed by atoms with E-state index < -0.39 is 0 Å². The fraction of sp³-hybridized carbons (Fsp3) is 0.529. The van der Waals surface area contributed by atoms with Gasteiger partial charge in [-0.2, -0.15) is 0 Å². The van der Waals surface area contributed by atoms with E-state index in [2.05, 4.69) is 21.8 Å². The molecule has 130 valence electrons. The van der Waals surface area contributed by atoms with Crippen LogP contribution in [0.15, 0.2) is 18.5 Å². The van der Waals surface area contributed by atoms with Crippen molar-refractivity contribution in [1.82, 2.24) is 14.9 Å². The zero-order valence-corrected chi connectivity index (χ0v) is 14.1. The number of nitrogens with two attached hydrogens (primary N) is 1. The Bertz CT molecular complexity index is 710. The number of rotatable bonds is 6. The highest BCUT2D eigenvalue weighted by atomic mass is 16.5. The van der Waals surface area contributed by atoms with E-state index in [9.17, 15) is 5.11 Å². The molecule has 3 rings (SSSR count). The van der Waals surface area contributed by atoms with Gasteiger partial charge in [0.2, 0.25) is 0 Å². The first-order chi connectivity index (χ1) is 11.7. The van der Waals surface area contributed by atoms with Crippen LogP contribution in [0, 0.1) is 5.92 Å². The summed E-state index contributed by atoms with van der Waals surface area (Å²) in [5.74, 6) is 2.00. The Balaban J connectivity index is 1.87. The number of hydrogen-bond donors (Lipinski definition) is 2. The summed E-state index contributed by atoms with van der Waals surface area (Å²) in [6.07, 6.45) is 3.21. The monoisotopic (exact) mass is 332 g/mol. The van der Waals surface area contributed by atoms with Gasteiger partial charge in [-0.15, -0.1) is 0 Å². The molecule has 1 aromatic carbocycles. The van der Waals surface area contributed by atoms with E-state index in [0.717, 1.165) is 36.8 Å². The molecule has 0 aliphatic carbocycles. The summed E-state index contributed by atoms with van der Waals surface area (Å²) >= 11 is 0. The molecule has 1 aliphatic rings. The highest BCUT2D eigenvalue weighted by molar-refractivity contribution is 5.90. The predicted molar refractivity (Wildman–Crippen MR) is 92.0 cm³/mol. The van der Waals surface area contributed by atoms with Gasteiger partial charge in [0.25, 0.3) is 0 Å². The first-order valence-corrected chi connectivity index (χ1v) is 8.26. The summed E-state index contributed by atoms with van der Waals surface area (Å²) in [6.45, 7) is 4.09. The van der Waals surface area contributed by atoms with Crippen LogP contribution in [0.5, 0.6) is 11.5 Å². The van der Waals surface area contributed by atoms with Gasteiger partial charge in [-0.05, 0) is 24.8 Å². The van der Waals surface area contributed by atoms with Crippen molar-refractivity contribution in [3.63, 3.8) is 0 Å². The quantitative estimate of drug-likeness (QED) is 0.830. The van der Waals surface area contributed by atoms with Gasteiger partial charge in [0, 0.05) is 31.1 Å². The van der Waals surface area contributed by atoms with Crippen molar-refractivity contribution in [2.24, 2.45) is 5.92 Å². The molecule has 2 heterocycles. The Morgan fingerprint density at radius 1 is 1.38 bits per heavy atom. The highest BCUT2D eigenvalue weighted by Crippen LogP contribution is 2.35. The van der Waals surface area contributed by atoms with Crippen molar-refractivity contribution in [3.05, 3.63) is 18.5 Å². The second-order valence-electron chi connectivity index (χ2n) is 6.09. The molecular formula is C17H24N4O3. The first-order valence-electron chi connectivity index (χ1n) is 8.26. The Hall–Kier alpha value is -2.12. The van der Waals surface area contributed by atoms with Crippen molar-refractivity contribution in [3.8, 4) is 11.5 Å². The highest BCUT2D eigenvalue weighted by Gasteiger charge is 2.28. The average molecular weight is 332 g/mol. The minimum Gasteiger partial charge on any atom is -0.493 e. The first kappa shape index (κ1) is 16.7. The number of anilines is 1. The number of aliphatic hydroxyl groups excluding tert-OH is 1. The number of fused-ring (bicyclic) bond motifs is 1. The topological polar surface area (TPSA) is 93.7 Å². The summed E-state index contributed by atoms with van der Waals surface area (Å²) < 4.78 is 11.7. The lowest BCUT2D eigenvalue weighted by Gasteiger charge is -2.28. The van der Waals surface area contributed by atoms with Crippen LogP contribution in [0.1, 0.15) is 19.8 Å². The second kappa shape index (κ2) is 7.19. The molecule has 0 bridgehead atoms. The number of hydrogen-bond acceptors (Lipinski definition) is 7. The molecule has 0 saturated carbocycles. The largest absolute Gasteiger partial charge is 0.493 e. The van der Waals surface area contributed by atoms with E-state index in [1.54, 1.807) is 7.11 Å². The third-order valence-corrected chi connectivity index (χ3v) is 4.55. The molecule has 1 saturated heterocycles. The van der Waals surface area contributed by atoms with Crippen LogP contribution in [-0.2, 0) is 0 Å². The van der Waals surface area contributed by atoms with Crippen molar-refractivity contribution in [2.45, 2.75) is 26.0 Å². The maximum atomic E-state index is 9.34. The number of likely N-dealkylation sites (tertiary alicyclic amines) is 1. The van der Waals surface area contributed by atoms with Gasteiger partial charge in [-0.3, -0.25) is 4.90 Å². The van der Waals surface area contributed by atoms with Gasteiger partial charge in [-0.25, -0.2) is 9.97 Å². The van der Waals surface area contributed by atoms with Gasteiger partial charge >= 0.3 is 0 Å². The lowest BCUT2D eigenvalue weighted by Crippen LogP contribution is -2.37. The summed E-state index contributed by atoms with van der Waals surface area (Å²) in [7, 11) is 1.60. The number of nitrogen functional groups attached to an aromatic ring is 1. The lowest BCUT2D eigenvalue weighted by molar-refractivity contribution is 0.0333. The zero-order chi connectivity index (χ0) is 17.1. The molecule has 1 aliphatic heterocycles. The molecule has 1 aromatic heterocycles. The molecule has 1 fully saturated rings. The molecule has 1 unspecified atom stereocenters. The van der Waals surface area contributed by atoms with E-state index in [1.807, 2.05) is 12.1 Å². The number of aliphatic hydroxyl groups is 1. The third-order valence-electron chi connectivity index (χ3n) is 4.55. The summed E-state index contributed by atoms with van der Waals surface area (Å²) in [5, 5.41) is 10.1. The molecule has 3 N–H and O–H groups in total. The van der Waals surface area contributed by atoms with Crippen LogP contribution in [-0.4, -0.2) is 53.0 Å². The molecule has 24 heavy (non-hydrogen) atoms. The number of methoxy groups -OCH3 is 1. The predicted octanol–water partition coefficient (Wildman–Crippen LogP) is 1.65. The van der Waals surface area contributed by atoms with Crippen molar-refractivity contribution < 1.29 is 14.6 Å². The Morgan fingerprint density at radius 3 is 2.88 bits per heavy atom. The number of benzene rings is 1. The van der Waals surface area contributed by atoms with Crippen LogP contribution in [0.25, 0.3) is 10.9 Å². The maximum Gasteiger partial charge on any atom is 0.165 e. The molecule has 0 radical (unpaired) electrons. The van der Waals surface area contributed by atoms with E-state index >= 15 is 0 Å². The molecule has 0 amide bonds. The molecule has 2 aromatic rings. The van der Waals surface area contributed by atoms with E-state index in [1.165, 1.54) is 6.33 Å². The van der Waals surface area contributed by atoms with Gasteiger partial charge in [-0.1, -0.05) is 6.92 Å². The van der Waals surface area contributed by atoms with Crippen LogP contribution in [0.3, 0.4) is 0 Å². The molecule has 0 spiro atoms. The average Bonchev–Trinajstić information content (AvgIpc) is 3.08. The summed E-state index contributed by atoms with van der Waals surface area (Å²) in [6, 6.07) is 3.65.